The molecule has 22 heavy (non-hydrogen) atoms. The summed E-state index contributed by atoms with van der Waals surface area (Å²) >= 11 is 0. The molecule has 0 aromatic heterocycles. The maximum atomic E-state index is 12.2. The highest BCUT2D eigenvalue weighted by Gasteiger charge is 2.65. The Morgan fingerprint density at radius 3 is 2.59 bits per heavy atom. The molecule has 1 amide bonds. The molecule has 0 bridgehead atoms. The van der Waals surface area contributed by atoms with Crippen LogP contribution in [-0.2, 0) is 9.59 Å². The zero-order valence-corrected chi connectivity index (χ0v) is 12.5. The molecule has 6 nitrogen and oxygen atoms in total. The van der Waals surface area contributed by atoms with Crippen molar-refractivity contribution in [3.8, 4) is 11.5 Å². The Balaban J connectivity index is 1.54. The van der Waals surface area contributed by atoms with Crippen LogP contribution in [0.5, 0.6) is 11.5 Å². The molecule has 6 heteroatoms. The smallest absolute Gasteiger partial charge is 0.307 e. The molecule has 1 aliphatic heterocycles. The largest absolute Gasteiger partial charge is 0.486 e. The van der Waals surface area contributed by atoms with Gasteiger partial charge in [-0.2, -0.15) is 0 Å². The van der Waals surface area contributed by atoms with Gasteiger partial charge in [-0.05, 0) is 17.5 Å². The zero-order valence-electron chi connectivity index (χ0n) is 12.5. The monoisotopic (exact) mass is 305 g/mol. The van der Waals surface area contributed by atoms with E-state index in [-0.39, 0.29) is 12.0 Å². The van der Waals surface area contributed by atoms with Crippen molar-refractivity contribution in [3.63, 3.8) is 0 Å². The SMILES string of the molecule is CC1(C)[C@H](C(=O)O)[C@@H]1C(=O)NC[C@H]1COc2ccccc2O1. The molecule has 3 rings (SSSR count). The number of carboxylic acid groups (broad SMARTS) is 1. The van der Waals surface area contributed by atoms with Gasteiger partial charge in [0.2, 0.25) is 5.91 Å². The number of carboxylic acids is 1. The van der Waals surface area contributed by atoms with Gasteiger partial charge < -0.3 is 19.9 Å². The molecule has 0 saturated heterocycles. The second-order valence-electron chi connectivity index (χ2n) is 6.36. The summed E-state index contributed by atoms with van der Waals surface area (Å²) in [6.45, 7) is 4.25. The molecule has 0 spiro atoms. The van der Waals surface area contributed by atoms with Crippen molar-refractivity contribution in [1.29, 1.82) is 0 Å². The van der Waals surface area contributed by atoms with E-state index in [1.165, 1.54) is 0 Å². The Labute approximate surface area is 128 Å². The van der Waals surface area contributed by atoms with Crippen LogP contribution >= 0.6 is 0 Å². The van der Waals surface area contributed by atoms with Crippen molar-refractivity contribution < 1.29 is 24.2 Å². The van der Waals surface area contributed by atoms with Crippen molar-refractivity contribution in [2.75, 3.05) is 13.2 Å². The van der Waals surface area contributed by atoms with E-state index < -0.39 is 23.2 Å². The van der Waals surface area contributed by atoms with E-state index in [1.807, 2.05) is 24.3 Å². The van der Waals surface area contributed by atoms with Crippen LogP contribution < -0.4 is 14.8 Å². The summed E-state index contributed by atoms with van der Waals surface area (Å²) in [6, 6.07) is 7.36. The van der Waals surface area contributed by atoms with Crippen LogP contribution in [0.15, 0.2) is 24.3 Å². The van der Waals surface area contributed by atoms with Crippen molar-refractivity contribution in [2.45, 2.75) is 20.0 Å². The number of benzene rings is 1. The van der Waals surface area contributed by atoms with E-state index in [0.29, 0.717) is 24.7 Å². The molecule has 1 aromatic carbocycles. The molecule has 2 aliphatic rings. The molecular weight excluding hydrogens is 286 g/mol. The molecule has 1 heterocycles. The average molecular weight is 305 g/mol. The minimum atomic E-state index is -0.920. The summed E-state index contributed by atoms with van der Waals surface area (Å²) in [4.78, 5) is 23.3. The number of nitrogens with one attached hydrogen (secondary N) is 1. The molecule has 118 valence electrons. The van der Waals surface area contributed by atoms with Gasteiger partial charge in [-0.1, -0.05) is 26.0 Å². The molecule has 2 N–H and O–H groups in total. The van der Waals surface area contributed by atoms with Gasteiger partial charge in [0.05, 0.1) is 18.4 Å². The zero-order chi connectivity index (χ0) is 15.9. The second-order valence-corrected chi connectivity index (χ2v) is 6.36. The highest BCUT2D eigenvalue weighted by molar-refractivity contribution is 5.91. The van der Waals surface area contributed by atoms with Crippen LogP contribution in [0, 0.1) is 17.3 Å². The second kappa shape index (κ2) is 5.19. The topological polar surface area (TPSA) is 84.9 Å². The number of hydrogen-bond acceptors (Lipinski definition) is 4. The third-order valence-electron chi connectivity index (χ3n) is 4.45. The van der Waals surface area contributed by atoms with Crippen LogP contribution in [0.4, 0.5) is 0 Å². The van der Waals surface area contributed by atoms with Crippen LogP contribution in [0.1, 0.15) is 13.8 Å². The first-order chi connectivity index (χ1) is 10.4. The summed E-state index contributed by atoms with van der Waals surface area (Å²) < 4.78 is 11.3. The minimum Gasteiger partial charge on any atom is -0.486 e. The van der Waals surface area contributed by atoms with Crippen molar-refractivity contribution in [2.24, 2.45) is 17.3 Å². The number of rotatable bonds is 4. The van der Waals surface area contributed by atoms with Gasteiger partial charge in [-0.15, -0.1) is 0 Å². The van der Waals surface area contributed by atoms with Gasteiger partial charge in [0.1, 0.15) is 12.7 Å². The summed E-state index contributed by atoms with van der Waals surface area (Å²) in [6.07, 6.45) is -0.274. The summed E-state index contributed by atoms with van der Waals surface area (Å²) in [5.74, 6) is -0.905. The Kier molecular flexibility index (Phi) is 3.47. The van der Waals surface area contributed by atoms with Crippen molar-refractivity contribution in [1.82, 2.24) is 5.32 Å². The van der Waals surface area contributed by atoms with Crippen LogP contribution in [-0.4, -0.2) is 36.2 Å². The predicted octanol–water partition coefficient (Wildman–Crippen LogP) is 1.30. The highest BCUT2D eigenvalue weighted by Crippen LogP contribution is 2.58. The summed E-state index contributed by atoms with van der Waals surface area (Å²) in [5, 5.41) is 11.9. The Morgan fingerprint density at radius 1 is 1.27 bits per heavy atom. The number of hydrogen-bond donors (Lipinski definition) is 2. The van der Waals surface area contributed by atoms with E-state index in [2.05, 4.69) is 5.32 Å². The molecule has 1 aromatic rings. The van der Waals surface area contributed by atoms with Crippen LogP contribution in [0.25, 0.3) is 0 Å². The lowest BCUT2D eigenvalue weighted by molar-refractivity contribution is -0.140. The first-order valence-electron chi connectivity index (χ1n) is 7.30. The van der Waals surface area contributed by atoms with E-state index in [9.17, 15) is 9.59 Å². The maximum Gasteiger partial charge on any atom is 0.307 e. The van der Waals surface area contributed by atoms with Crippen molar-refractivity contribution in [3.05, 3.63) is 24.3 Å². The molecule has 0 unspecified atom stereocenters. The fraction of sp³-hybridized carbons (Fsp3) is 0.500. The van der Waals surface area contributed by atoms with E-state index >= 15 is 0 Å². The number of ether oxygens (including phenoxy) is 2. The van der Waals surface area contributed by atoms with Gasteiger partial charge in [0.25, 0.3) is 0 Å². The molecule has 1 fully saturated rings. The standard InChI is InChI=1S/C16H19NO5/c1-16(2)12(13(16)15(19)20)14(18)17-7-9-8-21-10-5-3-4-6-11(10)22-9/h3-6,9,12-13H,7-8H2,1-2H3,(H,17,18)(H,19,20)/t9-,12+,13-/m0/s1. The first-order valence-corrected chi connectivity index (χ1v) is 7.30. The quantitative estimate of drug-likeness (QED) is 0.876. The number of carbonyl (C=O) groups is 2. The van der Waals surface area contributed by atoms with Gasteiger partial charge in [0, 0.05) is 0 Å². The molecule has 1 saturated carbocycles. The number of amides is 1. The van der Waals surface area contributed by atoms with E-state index in [1.54, 1.807) is 13.8 Å². The first kappa shape index (κ1) is 14.7. The maximum absolute atomic E-state index is 12.2. The third kappa shape index (κ3) is 2.49. The molecule has 1 aliphatic carbocycles. The third-order valence-corrected chi connectivity index (χ3v) is 4.45. The summed E-state index contributed by atoms with van der Waals surface area (Å²) in [5.41, 5.74) is -0.494. The molecular formula is C16H19NO5. The Bertz CT molecular complexity index is 612. The normalized spacial score (nSPS) is 27.8. The fourth-order valence-corrected chi connectivity index (χ4v) is 3.08. The fourth-order valence-electron chi connectivity index (χ4n) is 3.08. The number of aliphatic carboxylic acids is 1. The van der Waals surface area contributed by atoms with Gasteiger partial charge in [0.15, 0.2) is 11.5 Å². The lowest BCUT2D eigenvalue weighted by atomic mass is 10.1. The average Bonchev–Trinajstić information content (AvgIpc) is 3.07. The van der Waals surface area contributed by atoms with Gasteiger partial charge in [-0.25, -0.2) is 0 Å². The highest BCUT2D eigenvalue weighted by atomic mass is 16.6. The Morgan fingerprint density at radius 2 is 1.95 bits per heavy atom. The number of para-hydroxylation sites is 2. The molecule has 0 radical (unpaired) electrons. The van der Waals surface area contributed by atoms with Crippen LogP contribution in [0.3, 0.4) is 0 Å². The lowest BCUT2D eigenvalue weighted by Gasteiger charge is -2.26. The van der Waals surface area contributed by atoms with E-state index in [4.69, 9.17) is 14.6 Å². The minimum absolute atomic E-state index is 0.236. The van der Waals surface area contributed by atoms with Crippen LogP contribution in [0.2, 0.25) is 0 Å². The van der Waals surface area contributed by atoms with E-state index in [0.717, 1.165) is 0 Å². The lowest BCUT2D eigenvalue weighted by Crippen LogP contribution is -2.41. The number of fused-ring (bicyclic) bond motifs is 1. The van der Waals surface area contributed by atoms with Gasteiger partial charge >= 0.3 is 5.97 Å². The summed E-state index contributed by atoms with van der Waals surface area (Å²) in [7, 11) is 0. The molecule has 3 atom stereocenters. The predicted molar refractivity (Wildman–Crippen MR) is 77.8 cm³/mol. The number of carbonyl (C=O) groups excluding carboxylic acids is 1. The van der Waals surface area contributed by atoms with Crippen molar-refractivity contribution >= 4 is 11.9 Å². The Hall–Kier alpha value is -2.24. The van der Waals surface area contributed by atoms with Gasteiger partial charge in [-0.3, -0.25) is 9.59 Å².